The summed E-state index contributed by atoms with van der Waals surface area (Å²) in [4.78, 5) is 21.9. The lowest BCUT2D eigenvalue weighted by atomic mass is 9.83. The Labute approximate surface area is 205 Å². The Morgan fingerprint density at radius 3 is 2.37 bits per heavy atom. The van der Waals surface area contributed by atoms with Crippen molar-refractivity contribution in [1.29, 1.82) is 5.26 Å². The molecule has 0 N–H and O–H groups in total. The highest BCUT2D eigenvalue weighted by atomic mass is 19.1. The van der Waals surface area contributed by atoms with Gasteiger partial charge in [-0.05, 0) is 80.8 Å². The van der Waals surface area contributed by atoms with Crippen LogP contribution < -0.4 is 15.4 Å². The van der Waals surface area contributed by atoms with Crippen LogP contribution in [0.15, 0.2) is 47.3 Å². The number of hydrogen-bond acceptors (Lipinski definition) is 5. The van der Waals surface area contributed by atoms with Crippen LogP contribution in [-0.2, 0) is 7.05 Å². The first kappa shape index (κ1) is 23.3. The van der Waals surface area contributed by atoms with Crippen LogP contribution in [0.5, 0.6) is 0 Å². The van der Waals surface area contributed by atoms with Crippen LogP contribution in [0.1, 0.15) is 50.6 Å². The Morgan fingerprint density at radius 2 is 1.74 bits per heavy atom. The summed E-state index contributed by atoms with van der Waals surface area (Å²) < 4.78 is 15.2. The van der Waals surface area contributed by atoms with Gasteiger partial charge in [0, 0.05) is 44.5 Å². The van der Waals surface area contributed by atoms with Crippen LogP contribution in [-0.4, -0.2) is 35.2 Å². The van der Waals surface area contributed by atoms with Gasteiger partial charge in [-0.1, -0.05) is 6.42 Å². The van der Waals surface area contributed by atoms with Crippen molar-refractivity contribution in [2.24, 2.45) is 13.0 Å². The van der Waals surface area contributed by atoms with E-state index in [0.717, 1.165) is 55.0 Å². The van der Waals surface area contributed by atoms with E-state index in [9.17, 15) is 14.4 Å². The molecule has 2 aliphatic rings. The molecule has 0 unspecified atom stereocenters. The number of hydrogen-bond donors (Lipinski definition) is 0. The van der Waals surface area contributed by atoms with Crippen molar-refractivity contribution < 1.29 is 4.39 Å². The molecule has 2 saturated carbocycles. The summed E-state index contributed by atoms with van der Waals surface area (Å²) in [6, 6.07) is 14.9. The summed E-state index contributed by atoms with van der Waals surface area (Å²) in [5, 5.41) is 9.35. The molecule has 182 valence electrons. The predicted octanol–water partition coefficient (Wildman–Crippen LogP) is 5.00. The normalized spacial score (nSPS) is 20.3. The Balaban J connectivity index is 1.36. The average Bonchev–Trinajstić information content (AvgIpc) is 2.86. The molecule has 5 rings (SSSR count). The molecule has 7 heteroatoms. The van der Waals surface area contributed by atoms with E-state index in [0.29, 0.717) is 17.3 Å². The second-order valence-corrected chi connectivity index (χ2v) is 10.1. The van der Waals surface area contributed by atoms with Gasteiger partial charge in [0.1, 0.15) is 23.1 Å². The van der Waals surface area contributed by atoms with Crippen LogP contribution in [0, 0.1) is 23.1 Å². The fourth-order valence-corrected chi connectivity index (χ4v) is 5.65. The van der Waals surface area contributed by atoms with Crippen molar-refractivity contribution in [2.45, 2.75) is 57.0 Å². The van der Waals surface area contributed by atoms with E-state index >= 15 is 0 Å². The van der Waals surface area contributed by atoms with Gasteiger partial charge in [0.25, 0.3) is 5.56 Å². The molecule has 0 radical (unpaired) electrons. The third kappa shape index (κ3) is 4.62. The largest absolute Gasteiger partial charge is 0.370 e. The zero-order chi connectivity index (χ0) is 24.5. The smallest absolute Gasteiger partial charge is 0.252 e. The van der Waals surface area contributed by atoms with Gasteiger partial charge in [-0.2, -0.15) is 5.26 Å². The second-order valence-electron chi connectivity index (χ2n) is 10.1. The Hall–Kier alpha value is -3.40. The summed E-state index contributed by atoms with van der Waals surface area (Å²) in [5.41, 5.74) is 3.58. The maximum absolute atomic E-state index is 13.6. The van der Waals surface area contributed by atoms with E-state index in [1.54, 1.807) is 41.9 Å². The minimum atomic E-state index is -0.197. The average molecular weight is 474 g/mol. The van der Waals surface area contributed by atoms with E-state index in [4.69, 9.17) is 0 Å². The Kier molecular flexibility index (Phi) is 6.46. The number of anilines is 2. The fourth-order valence-electron chi connectivity index (χ4n) is 5.65. The van der Waals surface area contributed by atoms with Crippen LogP contribution in [0.3, 0.4) is 0 Å². The topological polar surface area (TPSA) is 65.2 Å². The third-order valence-electron chi connectivity index (χ3n) is 8.06. The molecule has 0 amide bonds. The molecule has 3 aromatic rings. The number of aryl methyl sites for hydroxylation is 1. The van der Waals surface area contributed by atoms with Gasteiger partial charge >= 0.3 is 0 Å². The summed E-state index contributed by atoms with van der Waals surface area (Å²) in [5.74, 6) is 0.532. The molecule has 2 aliphatic carbocycles. The zero-order valence-corrected chi connectivity index (χ0v) is 20.5. The van der Waals surface area contributed by atoms with Crippen LogP contribution in [0.25, 0.3) is 11.0 Å². The van der Waals surface area contributed by atoms with Gasteiger partial charge in [0.2, 0.25) is 0 Å². The Morgan fingerprint density at radius 1 is 1.06 bits per heavy atom. The van der Waals surface area contributed by atoms with Gasteiger partial charge < -0.3 is 14.4 Å². The van der Waals surface area contributed by atoms with E-state index < -0.39 is 0 Å². The minimum absolute atomic E-state index is 0.0810. The number of rotatable bonds is 6. The molecule has 0 saturated heterocycles. The van der Waals surface area contributed by atoms with E-state index in [1.807, 2.05) is 19.2 Å². The van der Waals surface area contributed by atoms with Crippen molar-refractivity contribution in [3.8, 4) is 6.07 Å². The molecule has 6 nitrogen and oxygen atoms in total. The van der Waals surface area contributed by atoms with Crippen molar-refractivity contribution >= 4 is 22.4 Å². The number of pyridine rings is 2. The van der Waals surface area contributed by atoms with Gasteiger partial charge in [0.15, 0.2) is 0 Å². The van der Waals surface area contributed by atoms with Gasteiger partial charge in [0.05, 0.1) is 11.2 Å². The van der Waals surface area contributed by atoms with Crippen molar-refractivity contribution in [2.75, 3.05) is 23.4 Å². The first-order valence-electron chi connectivity index (χ1n) is 12.6. The van der Waals surface area contributed by atoms with Crippen LogP contribution in [0.4, 0.5) is 15.8 Å². The first-order chi connectivity index (χ1) is 16.9. The second kappa shape index (κ2) is 9.69. The SMILES string of the molecule is CN(c1cc(=O)n(C)c2ccc(C#N)nc12)C1CCC(N(CC2CCC2)c2ccc(F)cc2)CC1. The van der Waals surface area contributed by atoms with Gasteiger partial charge in [-0.25, -0.2) is 9.37 Å². The summed E-state index contributed by atoms with van der Waals surface area (Å²) in [7, 11) is 3.77. The van der Waals surface area contributed by atoms with Crippen molar-refractivity contribution in [3.05, 3.63) is 64.3 Å². The molecule has 1 aromatic carbocycles. The van der Waals surface area contributed by atoms with E-state index in [1.165, 1.54) is 19.3 Å². The molecule has 0 spiro atoms. The number of nitrogens with zero attached hydrogens (tertiary/aromatic N) is 5. The van der Waals surface area contributed by atoms with Crippen molar-refractivity contribution in [1.82, 2.24) is 9.55 Å². The molecule has 0 aliphatic heterocycles. The Bertz CT molecular complexity index is 1300. The quantitative estimate of drug-likeness (QED) is 0.504. The molecule has 2 aromatic heterocycles. The lowest BCUT2D eigenvalue weighted by Gasteiger charge is -2.43. The number of benzene rings is 1. The highest BCUT2D eigenvalue weighted by Gasteiger charge is 2.31. The highest BCUT2D eigenvalue weighted by Crippen LogP contribution is 2.36. The number of halogens is 1. The van der Waals surface area contributed by atoms with E-state index in [2.05, 4.69) is 20.9 Å². The molecular weight excluding hydrogens is 441 g/mol. The molecular formula is C28H32FN5O. The first-order valence-corrected chi connectivity index (χ1v) is 12.6. The lowest BCUT2D eigenvalue weighted by molar-refractivity contribution is 0.291. The molecule has 0 atom stereocenters. The molecule has 0 bridgehead atoms. The lowest BCUT2D eigenvalue weighted by Crippen LogP contribution is -2.46. The standard InChI is InChI=1S/C28H32FN5O/c1-32(26-16-27(35)33(2)25-15-8-21(17-30)31-28(25)26)22-11-13-24(14-12-22)34(18-19-4-3-5-19)23-9-6-20(29)7-10-23/h6-10,15-16,19,22,24H,3-5,11-14,18H2,1-2H3. The summed E-state index contributed by atoms with van der Waals surface area (Å²) >= 11 is 0. The predicted molar refractivity (Wildman–Crippen MR) is 137 cm³/mol. The molecule has 2 fully saturated rings. The van der Waals surface area contributed by atoms with Crippen molar-refractivity contribution in [3.63, 3.8) is 0 Å². The third-order valence-corrected chi connectivity index (χ3v) is 8.06. The highest BCUT2D eigenvalue weighted by molar-refractivity contribution is 5.88. The summed E-state index contributed by atoms with van der Waals surface area (Å²) in [6.45, 7) is 1.04. The maximum Gasteiger partial charge on any atom is 0.252 e. The number of fused-ring (bicyclic) bond motifs is 1. The van der Waals surface area contributed by atoms with Gasteiger partial charge in [-0.3, -0.25) is 4.79 Å². The maximum atomic E-state index is 13.6. The monoisotopic (exact) mass is 473 g/mol. The number of aromatic nitrogens is 2. The van der Waals surface area contributed by atoms with E-state index in [-0.39, 0.29) is 17.4 Å². The van der Waals surface area contributed by atoms with Crippen LogP contribution in [0.2, 0.25) is 0 Å². The molecule has 2 heterocycles. The molecule has 35 heavy (non-hydrogen) atoms. The van der Waals surface area contributed by atoms with Crippen LogP contribution >= 0.6 is 0 Å². The minimum Gasteiger partial charge on any atom is -0.370 e. The fraction of sp³-hybridized carbons (Fsp3) is 0.464. The number of nitriles is 1. The summed E-state index contributed by atoms with van der Waals surface area (Å²) in [6.07, 6.45) is 7.95. The van der Waals surface area contributed by atoms with Gasteiger partial charge in [-0.15, -0.1) is 0 Å². The zero-order valence-electron chi connectivity index (χ0n) is 20.5.